The van der Waals surface area contributed by atoms with Crippen LogP contribution in [0.1, 0.15) is 37.7 Å². The number of hydrogen-bond acceptors (Lipinski definition) is 3. The first-order valence-corrected chi connectivity index (χ1v) is 8.74. The highest BCUT2D eigenvalue weighted by molar-refractivity contribution is 9.10. The number of benzene rings is 1. The van der Waals surface area contributed by atoms with Crippen molar-refractivity contribution in [3.63, 3.8) is 0 Å². The molecule has 1 aromatic carbocycles. The maximum Gasteiger partial charge on any atom is 0.264 e. The summed E-state index contributed by atoms with van der Waals surface area (Å²) >= 11 is 8.60. The molecule has 1 aromatic rings. The first kappa shape index (κ1) is 17.2. The second kappa shape index (κ2) is 8.48. The molecule has 0 aromatic heterocycles. The first-order valence-electron chi connectivity index (χ1n) is 7.54. The Hall–Kier alpha value is -1.14. The largest absolute Gasteiger partial charge is 0.483 e. The zero-order valence-corrected chi connectivity index (χ0v) is 15.1. The van der Waals surface area contributed by atoms with Crippen LogP contribution < -0.4 is 15.4 Å². The van der Waals surface area contributed by atoms with Crippen molar-refractivity contribution >= 4 is 39.2 Å². The van der Waals surface area contributed by atoms with Gasteiger partial charge in [0.1, 0.15) is 5.75 Å². The Balaban J connectivity index is 1.73. The SMILES string of the molecule is Cc1ccc(OCC(=O)NC(=S)NC2CCCCC2)c(Br)c1. The van der Waals surface area contributed by atoms with Gasteiger partial charge in [0.05, 0.1) is 4.47 Å². The Kier molecular flexibility index (Phi) is 6.64. The lowest BCUT2D eigenvalue weighted by Gasteiger charge is -2.24. The van der Waals surface area contributed by atoms with Gasteiger partial charge in [-0.05, 0) is 65.6 Å². The van der Waals surface area contributed by atoms with Crippen LogP contribution in [0, 0.1) is 6.92 Å². The zero-order chi connectivity index (χ0) is 15.9. The topological polar surface area (TPSA) is 50.4 Å². The van der Waals surface area contributed by atoms with Gasteiger partial charge in [0.2, 0.25) is 0 Å². The van der Waals surface area contributed by atoms with Gasteiger partial charge in [-0.2, -0.15) is 0 Å². The fourth-order valence-corrected chi connectivity index (χ4v) is 3.39. The Labute approximate surface area is 145 Å². The summed E-state index contributed by atoms with van der Waals surface area (Å²) in [6.45, 7) is 1.94. The van der Waals surface area contributed by atoms with Crippen LogP contribution in [0.4, 0.5) is 0 Å². The van der Waals surface area contributed by atoms with E-state index >= 15 is 0 Å². The Morgan fingerprint density at radius 1 is 1.36 bits per heavy atom. The molecule has 1 aliphatic rings. The van der Waals surface area contributed by atoms with Crippen molar-refractivity contribution in [2.24, 2.45) is 0 Å². The summed E-state index contributed by atoms with van der Waals surface area (Å²) in [6.07, 6.45) is 5.96. The van der Waals surface area contributed by atoms with Gasteiger partial charge in [-0.15, -0.1) is 0 Å². The number of thiocarbonyl (C=S) groups is 1. The molecule has 1 saturated carbocycles. The third kappa shape index (κ3) is 5.57. The number of hydrogen-bond donors (Lipinski definition) is 2. The second-order valence-electron chi connectivity index (χ2n) is 5.58. The number of amides is 1. The predicted octanol–water partition coefficient (Wildman–Crippen LogP) is 3.46. The van der Waals surface area contributed by atoms with Crippen LogP contribution in [0.5, 0.6) is 5.75 Å². The fourth-order valence-electron chi connectivity index (χ4n) is 2.50. The van der Waals surface area contributed by atoms with E-state index in [2.05, 4.69) is 26.6 Å². The number of nitrogens with one attached hydrogen (secondary N) is 2. The molecule has 2 N–H and O–H groups in total. The molecule has 0 atom stereocenters. The van der Waals surface area contributed by atoms with Crippen LogP contribution in [0.15, 0.2) is 22.7 Å². The smallest absolute Gasteiger partial charge is 0.264 e. The molecule has 1 fully saturated rings. The Morgan fingerprint density at radius 2 is 2.09 bits per heavy atom. The van der Waals surface area contributed by atoms with E-state index < -0.39 is 0 Å². The van der Waals surface area contributed by atoms with Crippen molar-refractivity contribution in [3.8, 4) is 5.75 Å². The summed E-state index contributed by atoms with van der Waals surface area (Å²) in [6, 6.07) is 6.11. The summed E-state index contributed by atoms with van der Waals surface area (Å²) in [5.41, 5.74) is 1.13. The van der Waals surface area contributed by atoms with Crippen molar-refractivity contribution in [2.45, 2.75) is 45.1 Å². The summed E-state index contributed by atoms with van der Waals surface area (Å²) in [5.74, 6) is 0.396. The molecule has 6 heteroatoms. The van der Waals surface area contributed by atoms with Crippen LogP contribution in [-0.2, 0) is 4.79 Å². The van der Waals surface area contributed by atoms with Crippen LogP contribution >= 0.6 is 28.1 Å². The van der Waals surface area contributed by atoms with Gasteiger partial charge in [-0.25, -0.2) is 0 Å². The molecule has 0 unspecified atom stereocenters. The molecule has 1 amide bonds. The van der Waals surface area contributed by atoms with Crippen molar-refractivity contribution < 1.29 is 9.53 Å². The van der Waals surface area contributed by atoms with Gasteiger partial charge in [-0.3, -0.25) is 4.79 Å². The van der Waals surface area contributed by atoms with E-state index in [9.17, 15) is 4.79 Å². The third-order valence-corrected chi connectivity index (χ3v) is 4.48. The molecule has 0 radical (unpaired) electrons. The van der Waals surface area contributed by atoms with Crippen LogP contribution in [0.25, 0.3) is 0 Å². The number of carbonyl (C=O) groups is 1. The van der Waals surface area contributed by atoms with Crippen LogP contribution in [0.3, 0.4) is 0 Å². The normalized spacial score (nSPS) is 15.2. The fraction of sp³-hybridized carbons (Fsp3) is 0.500. The Morgan fingerprint density at radius 3 is 2.77 bits per heavy atom. The first-order chi connectivity index (χ1) is 10.5. The molecular weight excluding hydrogens is 364 g/mol. The lowest BCUT2D eigenvalue weighted by molar-refractivity contribution is -0.121. The number of aryl methyl sites for hydroxylation is 1. The van der Waals surface area contributed by atoms with E-state index in [0.29, 0.717) is 16.9 Å². The summed E-state index contributed by atoms with van der Waals surface area (Å²) < 4.78 is 6.33. The molecule has 0 bridgehead atoms. The summed E-state index contributed by atoms with van der Waals surface area (Å²) in [7, 11) is 0. The van der Waals surface area contributed by atoms with Gasteiger partial charge in [0.15, 0.2) is 11.7 Å². The minimum Gasteiger partial charge on any atom is -0.483 e. The van der Waals surface area contributed by atoms with Crippen molar-refractivity contribution in [1.82, 2.24) is 10.6 Å². The molecule has 0 heterocycles. The molecule has 22 heavy (non-hydrogen) atoms. The predicted molar refractivity (Wildman–Crippen MR) is 95.1 cm³/mol. The van der Waals surface area contributed by atoms with Gasteiger partial charge in [0.25, 0.3) is 5.91 Å². The molecule has 0 aliphatic heterocycles. The zero-order valence-electron chi connectivity index (χ0n) is 12.7. The quantitative estimate of drug-likeness (QED) is 0.780. The Bertz CT molecular complexity index is 545. The highest BCUT2D eigenvalue weighted by Crippen LogP contribution is 2.25. The van der Waals surface area contributed by atoms with E-state index in [1.807, 2.05) is 25.1 Å². The molecule has 0 saturated heterocycles. The minimum absolute atomic E-state index is 0.0614. The maximum atomic E-state index is 11.9. The van der Waals surface area contributed by atoms with Crippen molar-refractivity contribution in [2.75, 3.05) is 6.61 Å². The number of halogens is 1. The highest BCUT2D eigenvalue weighted by Gasteiger charge is 2.15. The number of rotatable bonds is 4. The molecule has 4 nitrogen and oxygen atoms in total. The maximum absolute atomic E-state index is 11.9. The van der Waals surface area contributed by atoms with Gasteiger partial charge in [0, 0.05) is 6.04 Å². The van der Waals surface area contributed by atoms with Gasteiger partial charge in [-0.1, -0.05) is 25.3 Å². The molecule has 0 spiro atoms. The van der Waals surface area contributed by atoms with Crippen LogP contribution in [0.2, 0.25) is 0 Å². The monoisotopic (exact) mass is 384 g/mol. The average Bonchev–Trinajstić information content (AvgIpc) is 2.47. The highest BCUT2D eigenvalue weighted by atomic mass is 79.9. The lowest BCUT2D eigenvalue weighted by atomic mass is 9.96. The average molecular weight is 385 g/mol. The molecule has 2 rings (SSSR count). The summed E-state index contributed by atoms with van der Waals surface area (Å²) in [4.78, 5) is 11.9. The molecule has 120 valence electrons. The second-order valence-corrected chi connectivity index (χ2v) is 6.84. The molecule has 1 aliphatic carbocycles. The van der Waals surface area contributed by atoms with Gasteiger partial charge < -0.3 is 15.4 Å². The van der Waals surface area contributed by atoms with Gasteiger partial charge >= 0.3 is 0 Å². The van der Waals surface area contributed by atoms with E-state index in [4.69, 9.17) is 17.0 Å². The van der Waals surface area contributed by atoms with E-state index in [0.717, 1.165) is 22.9 Å². The van der Waals surface area contributed by atoms with Crippen LogP contribution in [-0.4, -0.2) is 23.7 Å². The van der Waals surface area contributed by atoms with E-state index in [1.165, 1.54) is 19.3 Å². The number of carbonyl (C=O) groups excluding carboxylic acids is 1. The molecular formula is C16H21BrN2O2S. The minimum atomic E-state index is -0.249. The van der Waals surface area contributed by atoms with Crippen molar-refractivity contribution in [1.29, 1.82) is 0 Å². The standard InChI is InChI=1S/C16H21BrN2O2S/c1-11-7-8-14(13(17)9-11)21-10-15(20)19-16(22)18-12-5-3-2-4-6-12/h7-9,12H,2-6,10H2,1H3,(H2,18,19,20,22). The number of ether oxygens (including phenoxy) is 1. The van der Waals surface area contributed by atoms with E-state index in [1.54, 1.807) is 0 Å². The lowest BCUT2D eigenvalue weighted by Crippen LogP contribution is -2.46. The van der Waals surface area contributed by atoms with E-state index in [-0.39, 0.29) is 12.5 Å². The summed E-state index contributed by atoms with van der Waals surface area (Å²) in [5, 5.41) is 6.26. The third-order valence-electron chi connectivity index (χ3n) is 3.64. The van der Waals surface area contributed by atoms with Crippen molar-refractivity contribution in [3.05, 3.63) is 28.2 Å².